The van der Waals surface area contributed by atoms with E-state index in [-0.39, 0.29) is 5.91 Å². The third-order valence-electron chi connectivity index (χ3n) is 6.21. The molecule has 2 aliphatic heterocycles. The number of rotatable bonds is 4. The molecule has 2 aliphatic rings. The van der Waals surface area contributed by atoms with Crippen LogP contribution < -0.4 is 18.9 Å². The van der Waals surface area contributed by atoms with Crippen molar-refractivity contribution >= 4 is 17.4 Å². The molecule has 0 atom stereocenters. The topological polar surface area (TPSA) is 72.8 Å². The van der Waals surface area contributed by atoms with Gasteiger partial charge in [0, 0.05) is 37.8 Å². The zero-order valence-corrected chi connectivity index (χ0v) is 20.0. The second-order valence-electron chi connectivity index (χ2n) is 8.22. The first-order valence-corrected chi connectivity index (χ1v) is 11.4. The second kappa shape index (κ2) is 9.58. The summed E-state index contributed by atoms with van der Waals surface area (Å²) in [5.41, 5.74) is 2.15. The Labute approximate surface area is 204 Å². The van der Waals surface area contributed by atoms with E-state index in [0.717, 1.165) is 17.1 Å². The third-order valence-corrected chi connectivity index (χ3v) is 6.21. The summed E-state index contributed by atoms with van der Waals surface area (Å²) < 4.78 is 22.5. The lowest BCUT2D eigenvalue weighted by atomic mass is 10.1. The van der Waals surface area contributed by atoms with Crippen molar-refractivity contribution < 1.29 is 23.7 Å². The van der Waals surface area contributed by atoms with Gasteiger partial charge in [0.05, 0.1) is 26.9 Å². The average molecular weight is 474 g/mol. The molecule has 0 spiro atoms. The fourth-order valence-corrected chi connectivity index (χ4v) is 4.35. The number of hydrogen-bond acceptors (Lipinski definition) is 7. The van der Waals surface area contributed by atoms with Crippen LogP contribution >= 0.6 is 0 Å². The lowest BCUT2D eigenvalue weighted by Gasteiger charge is -2.36. The number of benzene rings is 3. The minimum absolute atomic E-state index is 0.0552. The number of piperazine rings is 1. The molecule has 35 heavy (non-hydrogen) atoms. The highest BCUT2D eigenvalue weighted by atomic mass is 16.5. The van der Waals surface area contributed by atoms with Gasteiger partial charge >= 0.3 is 0 Å². The Morgan fingerprint density at radius 1 is 0.857 bits per heavy atom. The summed E-state index contributed by atoms with van der Waals surface area (Å²) in [6.07, 6.45) is 0. The highest BCUT2D eigenvalue weighted by Gasteiger charge is 2.29. The number of ether oxygens (including phenoxy) is 4. The molecular formula is C27H27N3O5. The third kappa shape index (κ3) is 4.35. The Hall–Kier alpha value is -4.20. The maximum absolute atomic E-state index is 13.2. The molecule has 8 heteroatoms. The number of amidine groups is 1. The van der Waals surface area contributed by atoms with Gasteiger partial charge in [-0.1, -0.05) is 18.2 Å². The maximum atomic E-state index is 13.2. The predicted octanol–water partition coefficient (Wildman–Crippen LogP) is 4.35. The van der Waals surface area contributed by atoms with E-state index in [0.29, 0.717) is 60.5 Å². The summed E-state index contributed by atoms with van der Waals surface area (Å²) in [5, 5.41) is 0. The van der Waals surface area contributed by atoms with Gasteiger partial charge in [0.15, 0.2) is 17.2 Å². The number of methoxy groups -OCH3 is 3. The molecule has 5 rings (SSSR count). The first-order valence-electron chi connectivity index (χ1n) is 11.4. The van der Waals surface area contributed by atoms with Crippen LogP contribution in [0.25, 0.3) is 0 Å². The number of carbonyl (C=O) groups is 1. The summed E-state index contributed by atoms with van der Waals surface area (Å²) in [7, 11) is 4.78. The lowest BCUT2D eigenvalue weighted by molar-refractivity contribution is 0.0691. The van der Waals surface area contributed by atoms with E-state index < -0.39 is 0 Å². The molecule has 0 aliphatic carbocycles. The van der Waals surface area contributed by atoms with E-state index in [4.69, 9.17) is 23.9 Å². The molecular weight excluding hydrogens is 446 g/mol. The SMILES string of the molecule is COc1cc(OC)cc(C(=O)N2CCN(C3=Nc4ccccc4Oc4c(OC)cccc43)CC2)c1. The molecule has 0 aromatic heterocycles. The number of hydrogen-bond donors (Lipinski definition) is 0. The van der Waals surface area contributed by atoms with Crippen LogP contribution in [0.4, 0.5) is 5.69 Å². The van der Waals surface area contributed by atoms with Crippen LogP contribution in [0.5, 0.6) is 28.7 Å². The molecule has 0 saturated carbocycles. The van der Waals surface area contributed by atoms with E-state index in [1.165, 1.54) is 0 Å². The number of aliphatic imine (C=N–C) groups is 1. The Kier molecular flexibility index (Phi) is 6.18. The quantitative estimate of drug-likeness (QED) is 0.561. The fraction of sp³-hybridized carbons (Fsp3) is 0.259. The fourth-order valence-electron chi connectivity index (χ4n) is 4.35. The maximum Gasteiger partial charge on any atom is 0.254 e. The largest absolute Gasteiger partial charge is 0.497 e. The first-order chi connectivity index (χ1) is 17.1. The molecule has 1 saturated heterocycles. The highest BCUT2D eigenvalue weighted by molar-refractivity contribution is 6.04. The van der Waals surface area contributed by atoms with Gasteiger partial charge in [0.25, 0.3) is 5.91 Å². The Morgan fingerprint density at radius 2 is 1.57 bits per heavy atom. The van der Waals surface area contributed by atoms with Crippen molar-refractivity contribution in [1.82, 2.24) is 9.80 Å². The predicted molar refractivity (Wildman–Crippen MR) is 133 cm³/mol. The van der Waals surface area contributed by atoms with Crippen molar-refractivity contribution in [2.75, 3.05) is 47.5 Å². The van der Waals surface area contributed by atoms with Crippen LogP contribution in [0.3, 0.4) is 0 Å². The smallest absolute Gasteiger partial charge is 0.254 e. The Bertz CT molecular complexity index is 1260. The molecule has 8 nitrogen and oxygen atoms in total. The standard InChI is InChI=1S/C27H27N3O5/c1-32-19-15-18(16-20(17-19)33-2)27(31)30-13-11-29(12-14-30)26-21-7-6-10-24(34-3)25(21)35-23-9-5-4-8-22(23)28-26/h4-10,15-17H,11-14H2,1-3H3. The minimum atomic E-state index is -0.0552. The number of para-hydroxylation sites is 3. The van der Waals surface area contributed by atoms with Crippen molar-refractivity contribution in [3.63, 3.8) is 0 Å². The first kappa shape index (κ1) is 22.6. The van der Waals surface area contributed by atoms with E-state index >= 15 is 0 Å². The molecule has 0 bridgehead atoms. The summed E-state index contributed by atoms with van der Waals surface area (Å²) in [6, 6.07) is 18.7. The molecule has 0 N–H and O–H groups in total. The molecule has 0 unspecified atom stereocenters. The Balaban J connectivity index is 1.41. The number of fused-ring (bicyclic) bond motifs is 2. The van der Waals surface area contributed by atoms with Crippen molar-refractivity contribution in [2.24, 2.45) is 4.99 Å². The number of nitrogens with zero attached hydrogens (tertiary/aromatic N) is 3. The molecule has 0 radical (unpaired) electrons. The zero-order chi connectivity index (χ0) is 24.4. The molecule has 2 heterocycles. The van der Waals surface area contributed by atoms with Crippen molar-refractivity contribution in [2.45, 2.75) is 0 Å². The van der Waals surface area contributed by atoms with Crippen LogP contribution in [-0.4, -0.2) is 69.1 Å². The number of carbonyl (C=O) groups excluding carboxylic acids is 1. The van der Waals surface area contributed by atoms with E-state index in [9.17, 15) is 4.79 Å². The van der Waals surface area contributed by atoms with Crippen LogP contribution in [0.2, 0.25) is 0 Å². The highest BCUT2D eigenvalue weighted by Crippen LogP contribution is 2.42. The van der Waals surface area contributed by atoms with Gasteiger partial charge in [-0.05, 0) is 36.4 Å². The zero-order valence-electron chi connectivity index (χ0n) is 20.0. The summed E-state index contributed by atoms with van der Waals surface area (Å²) in [6.45, 7) is 2.37. The summed E-state index contributed by atoms with van der Waals surface area (Å²) >= 11 is 0. The van der Waals surface area contributed by atoms with Gasteiger partial charge in [0.1, 0.15) is 23.0 Å². The molecule has 1 fully saturated rings. The van der Waals surface area contributed by atoms with Crippen LogP contribution in [0.15, 0.2) is 65.7 Å². The molecule has 1 amide bonds. The van der Waals surface area contributed by atoms with Crippen molar-refractivity contribution in [3.8, 4) is 28.7 Å². The van der Waals surface area contributed by atoms with Gasteiger partial charge in [-0.3, -0.25) is 4.79 Å². The normalized spacial score (nSPS) is 14.7. The van der Waals surface area contributed by atoms with Gasteiger partial charge < -0.3 is 28.7 Å². The van der Waals surface area contributed by atoms with E-state index in [2.05, 4.69) is 4.90 Å². The second-order valence-corrected chi connectivity index (χ2v) is 8.22. The monoisotopic (exact) mass is 473 g/mol. The van der Waals surface area contributed by atoms with E-state index in [1.807, 2.05) is 47.4 Å². The van der Waals surface area contributed by atoms with Crippen molar-refractivity contribution in [1.29, 1.82) is 0 Å². The lowest BCUT2D eigenvalue weighted by Crippen LogP contribution is -2.50. The number of amides is 1. The minimum Gasteiger partial charge on any atom is -0.497 e. The Morgan fingerprint density at radius 3 is 2.26 bits per heavy atom. The molecule has 180 valence electrons. The van der Waals surface area contributed by atoms with Gasteiger partial charge in [-0.15, -0.1) is 0 Å². The van der Waals surface area contributed by atoms with Crippen LogP contribution in [0, 0.1) is 0 Å². The van der Waals surface area contributed by atoms with Gasteiger partial charge in [0.2, 0.25) is 0 Å². The molecule has 3 aromatic rings. The molecule has 3 aromatic carbocycles. The van der Waals surface area contributed by atoms with Gasteiger partial charge in [-0.25, -0.2) is 4.99 Å². The van der Waals surface area contributed by atoms with E-state index in [1.54, 1.807) is 39.5 Å². The van der Waals surface area contributed by atoms with Crippen LogP contribution in [0.1, 0.15) is 15.9 Å². The average Bonchev–Trinajstić information content (AvgIpc) is 3.09. The van der Waals surface area contributed by atoms with Crippen LogP contribution in [-0.2, 0) is 0 Å². The summed E-state index contributed by atoms with van der Waals surface area (Å²) in [5.74, 6) is 3.88. The van der Waals surface area contributed by atoms with Gasteiger partial charge in [-0.2, -0.15) is 0 Å². The summed E-state index contributed by atoms with van der Waals surface area (Å²) in [4.78, 5) is 22.3. The van der Waals surface area contributed by atoms with Crippen molar-refractivity contribution in [3.05, 3.63) is 71.8 Å².